The summed E-state index contributed by atoms with van der Waals surface area (Å²) in [6.45, 7) is 1.80. The zero-order chi connectivity index (χ0) is 21.6. The van der Waals surface area contributed by atoms with Gasteiger partial charge in [0.05, 0.1) is 16.8 Å². The molecular weight excluding hydrogens is 388 g/mol. The zero-order valence-corrected chi connectivity index (χ0v) is 16.9. The van der Waals surface area contributed by atoms with Crippen LogP contribution in [0.4, 0.5) is 5.69 Å². The van der Waals surface area contributed by atoms with Crippen molar-refractivity contribution < 1.29 is 14.3 Å². The van der Waals surface area contributed by atoms with Gasteiger partial charge in [0.15, 0.2) is 0 Å². The number of anilines is 1. The lowest BCUT2D eigenvalue weighted by Crippen LogP contribution is -2.17. The Kier molecular flexibility index (Phi) is 5.85. The normalized spacial score (nSPS) is 10.9. The monoisotopic (exact) mass is 408 g/mol. The Bertz CT molecular complexity index is 1280. The minimum Gasteiger partial charge on any atom is -0.423 e. The van der Waals surface area contributed by atoms with Gasteiger partial charge in [0, 0.05) is 17.7 Å². The standard InChI is InChI=1S/C26H20N2O3/c1-18-8-5-14-22(31-23(29)16-15-19-9-3-2-4-10-19)24(18)26(30)28-21-13-6-11-20-12-7-17-27-25(20)21/h2-17H,1H3,(H,28,30)/b16-15+. The maximum atomic E-state index is 13.1. The fourth-order valence-electron chi connectivity index (χ4n) is 3.28. The quantitative estimate of drug-likeness (QED) is 0.272. The average Bonchev–Trinajstić information content (AvgIpc) is 2.79. The highest BCUT2D eigenvalue weighted by molar-refractivity contribution is 6.10. The van der Waals surface area contributed by atoms with Gasteiger partial charge in [-0.1, -0.05) is 60.7 Å². The van der Waals surface area contributed by atoms with E-state index in [0.29, 0.717) is 22.3 Å². The van der Waals surface area contributed by atoms with Crippen molar-refractivity contribution in [2.45, 2.75) is 6.92 Å². The Morgan fingerprint density at radius 2 is 1.68 bits per heavy atom. The Morgan fingerprint density at radius 3 is 2.52 bits per heavy atom. The Labute approximate surface area is 180 Å². The summed E-state index contributed by atoms with van der Waals surface area (Å²) in [6.07, 6.45) is 4.69. The van der Waals surface area contributed by atoms with Gasteiger partial charge in [-0.15, -0.1) is 0 Å². The Balaban J connectivity index is 1.58. The summed E-state index contributed by atoms with van der Waals surface area (Å²) in [5.74, 6) is -0.727. The Hall–Kier alpha value is -4.25. The zero-order valence-electron chi connectivity index (χ0n) is 16.9. The van der Waals surface area contributed by atoms with Crippen molar-refractivity contribution in [2.75, 3.05) is 5.32 Å². The smallest absolute Gasteiger partial charge is 0.336 e. The van der Waals surface area contributed by atoms with Crippen LogP contribution in [0, 0.1) is 6.92 Å². The van der Waals surface area contributed by atoms with Crippen molar-refractivity contribution >= 4 is 34.5 Å². The molecule has 1 heterocycles. The number of nitrogens with one attached hydrogen (secondary N) is 1. The molecule has 0 saturated carbocycles. The number of aromatic nitrogens is 1. The minimum atomic E-state index is -0.560. The SMILES string of the molecule is Cc1cccc(OC(=O)/C=C/c2ccccc2)c1C(=O)Nc1cccc2cccnc12. The number of benzene rings is 3. The first-order valence-electron chi connectivity index (χ1n) is 9.81. The molecule has 0 saturated heterocycles. The van der Waals surface area contributed by atoms with Gasteiger partial charge in [-0.3, -0.25) is 9.78 Å². The van der Waals surface area contributed by atoms with E-state index in [1.54, 1.807) is 43.5 Å². The van der Waals surface area contributed by atoms with Crippen LogP contribution in [0.5, 0.6) is 5.75 Å². The van der Waals surface area contributed by atoms with Gasteiger partial charge in [0.2, 0.25) is 0 Å². The van der Waals surface area contributed by atoms with Crippen molar-refractivity contribution in [3.8, 4) is 5.75 Å². The number of carbonyl (C=O) groups excluding carboxylic acids is 2. The van der Waals surface area contributed by atoms with Crippen molar-refractivity contribution in [1.82, 2.24) is 4.98 Å². The molecular formula is C26H20N2O3. The number of carbonyl (C=O) groups is 2. The van der Waals surface area contributed by atoms with E-state index in [4.69, 9.17) is 4.74 Å². The second-order valence-corrected chi connectivity index (χ2v) is 6.95. The molecule has 1 aromatic heterocycles. The molecule has 3 aromatic carbocycles. The summed E-state index contributed by atoms with van der Waals surface area (Å²) in [7, 11) is 0. The van der Waals surface area contributed by atoms with E-state index in [2.05, 4.69) is 10.3 Å². The van der Waals surface area contributed by atoms with Crippen LogP contribution in [-0.4, -0.2) is 16.9 Å². The fourth-order valence-corrected chi connectivity index (χ4v) is 3.28. The molecule has 1 amide bonds. The molecule has 0 fully saturated rings. The molecule has 5 heteroatoms. The van der Waals surface area contributed by atoms with Crippen LogP contribution in [0.3, 0.4) is 0 Å². The number of pyridine rings is 1. The molecule has 152 valence electrons. The van der Waals surface area contributed by atoms with Crippen LogP contribution in [0.2, 0.25) is 0 Å². The van der Waals surface area contributed by atoms with E-state index in [0.717, 1.165) is 10.9 Å². The van der Waals surface area contributed by atoms with Gasteiger partial charge in [0.25, 0.3) is 5.91 Å². The summed E-state index contributed by atoms with van der Waals surface area (Å²) in [4.78, 5) is 29.8. The molecule has 1 N–H and O–H groups in total. The first kappa shape index (κ1) is 20.0. The number of hydrogen-bond acceptors (Lipinski definition) is 4. The molecule has 0 spiro atoms. The number of nitrogens with zero attached hydrogens (tertiary/aromatic N) is 1. The second kappa shape index (κ2) is 9.05. The van der Waals surface area contributed by atoms with Crippen molar-refractivity contribution in [3.63, 3.8) is 0 Å². The van der Waals surface area contributed by atoms with Crippen LogP contribution in [0.15, 0.2) is 91.1 Å². The number of amides is 1. The van der Waals surface area contributed by atoms with E-state index >= 15 is 0 Å². The summed E-state index contributed by atoms with van der Waals surface area (Å²) in [5, 5.41) is 3.82. The van der Waals surface area contributed by atoms with Gasteiger partial charge in [0.1, 0.15) is 5.75 Å². The van der Waals surface area contributed by atoms with Crippen LogP contribution in [0.1, 0.15) is 21.5 Å². The number of fused-ring (bicyclic) bond motifs is 1. The van der Waals surface area contributed by atoms with Gasteiger partial charge in [-0.2, -0.15) is 0 Å². The lowest BCUT2D eigenvalue weighted by molar-refractivity contribution is -0.128. The number of rotatable bonds is 5. The van der Waals surface area contributed by atoms with Crippen LogP contribution < -0.4 is 10.1 Å². The lowest BCUT2D eigenvalue weighted by atomic mass is 10.1. The lowest BCUT2D eigenvalue weighted by Gasteiger charge is -2.13. The van der Waals surface area contributed by atoms with Crippen molar-refractivity contribution in [3.05, 3.63) is 108 Å². The first-order chi connectivity index (χ1) is 15.1. The molecule has 5 nitrogen and oxygen atoms in total. The molecule has 4 rings (SSSR count). The number of hydrogen-bond donors (Lipinski definition) is 1. The molecule has 0 unspecified atom stereocenters. The third-order valence-electron chi connectivity index (χ3n) is 4.76. The predicted octanol–water partition coefficient (Wildman–Crippen LogP) is 5.41. The van der Waals surface area contributed by atoms with E-state index in [9.17, 15) is 9.59 Å². The van der Waals surface area contributed by atoms with Crippen molar-refractivity contribution in [2.24, 2.45) is 0 Å². The fraction of sp³-hybridized carbons (Fsp3) is 0.0385. The summed E-state index contributed by atoms with van der Waals surface area (Å²) >= 11 is 0. The number of ether oxygens (including phenoxy) is 1. The maximum Gasteiger partial charge on any atom is 0.336 e. The molecule has 31 heavy (non-hydrogen) atoms. The summed E-state index contributed by atoms with van der Waals surface area (Å²) in [5.41, 5.74) is 3.16. The Morgan fingerprint density at radius 1 is 0.903 bits per heavy atom. The average molecular weight is 408 g/mol. The number of esters is 1. The molecule has 0 bridgehead atoms. The van der Waals surface area contributed by atoms with Crippen LogP contribution >= 0.6 is 0 Å². The molecule has 0 aliphatic carbocycles. The second-order valence-electron chi connectivity index (χ2n) is 6.95. The van der Waals surface area contributed by atoms with Gasteiger partial charge in [-0.25, -0.2) is 4.79 Å². The predicted molar refractivity (Wildman–Crippen MR) is 122 cm³/mol. The molecule has 4 aromatic rings. The highest BCUT2D eigenvalue weighted by atomic mass is 16.5. The first-order valence-corrected chi connectivity index (χ1v) is 9.81. The number of aryl methyl sites for hydroxylation is 1. The molecule has 0 aliphatic heterocycles. The topological polar surface area (TPSA) is 68.3 Å². The molecule has 0 radical (unpaired) electrons. The minimum absolute atomic E-state index is 0.202. The van der Waals surface area contributed by atoms with Crippen LogP contribution in [0.25, 0.3) is 17.0 Å². The molecule has 0 aliphatic rings. The third kappa shape index (κ3) is 4.67. The number of para-hydroxylation sites is 1. The van der Waals surface area contributed by atoms with Crippen molar-refractivity contribution in [1.29, 1.82) is 0 Å². The summed E-state index contributed by atoms with van der Waals surface area (Å²) in [6, 6.07) is 23.9. The summed E-state index contributed by atoms with van der Waals surface area (Å²) < 4.78 is 5.49. The van der Waals surface area contributed by atoms with E-state index in [1.165, 1.54) is 6.08 Å². The van der Waals surface area contributed by atoms with Crippen LogP contribution in [-0.2, 0) is 4.79 Å². The third-order valence-corrected chi connectivity index (χ3v) is 4.76. The van der Waals surface area contributed by atoms with E-state index < -0.39 is 5.97 Å². The van der Waals surface area contributed by atoms with Gasteiger partial charge >= 0.3 is 5.97 Å². The van der Waals surface area contributed by atoms with Gasteiger partial charge in [-0.05, 0) is 42.3 Å². The maximum absolute atomic E-state index is 13.1. The highest BCUT2D eigenvalue weighted by Crippen LogP contribution is 2.26. The molecule has 0 atom stereocenters. The van der Waals surface area contributed by atoms with E-state index in [1.807, 2.05) is 54.6 Å². The van der Waals surface area contributed by atoms with Gasteiger partial charge < -0.3 is 10.1 Å². The largest absolute Gasteiger partial charge is 0.423 e. The highest BCUT2D eigenvalue weighted by Gasteiger charge is 2.18. The van der Waals surface area contributed by atoms with E-state index in [-0.39, 0.29) is 11.7 Å².